The van der Waals surface area contributed by atoms with Gasteiger partial charge >= 0.3 is 0 Å². The Kier molecular flexibility index (Phi) is 5.87. The molecule has 0 bridgehead atoms. The molecular weight excluding hydrogens is 392 g/mol. The minimum Gasteiger partial charge on any atom is -0.483 e. The molecule has 7 nitrogen and oxygen atoms in total. The van der Waals surface area contributed by atoms with Crippen LogP contribution in [0.5, 0.6) is 5.75 Å². The Morgan fingerprint density at radius 3 is 2.63 bits per heavy atom. The molecule has 9 heteroatoms. The summed E-state index contributed by atoms with van der Waals surface area (Å²) in [6.07, 6.45) is 0.645. The van der Waals surface area contributed by atoms with Gasteiger partial charge in [0.15, 0.2) is 6.61 Å². The normalized spacial score (nSPS) is 22.0. The summed E-state index contributed by atoms with van der Waals surface area (Å²) >= 11 is 0. The van der Waals surface area contributed by atoms with Crippen LogP contribution < -0.4 is 10.1 Å². The molecule has 3 heterocycles. The summed E-state index contributed by atoms with van der Waals surface area (Å²) in [4.78, 5) is 18.5. The van der Waals surface area contributed by atoms with Gasteiger partial charge in [-0.1, -0.05) is 18.2 Å². The number of hydrogen-bond acceptors (Lipinski definition) is 5. The molecule has 1 aromatic carbocycles. The molecule has 1 aromatic heterocycles. The second-order valence-corrected chi connectivity index (χ2v) is 8.14. The van der Waals surface area contributed by atoms with E-state index in [1.807, 2.05) is 32.0 Å². The summed E-state index contributed by atoms with van der Waals surface area (Å²) in [6.45, 7) is 5.13. The van der Waals surface area contributed by atoms with Gasteiger partial charge in [0.2, 0.25) is 5.95 Å². The van der Waals surface area contributed by atoms with Crippen molar-refractivity contribution in [3.05, 3.63) is 35.7 Å². The predicted molar refractivity (Wildman–Crippen MR) is 108 cm³/mol. The average Bonchev–Trinajstić information content (AvgIpc) is 3.21. The highest BCUT2D eigenvalue weighted by molar-refractivity contribution is 5.78. The molecule has 1 amide bonds. The third-order valence-electron chi connectivity index (χ3n) is 6.20. The number of piperidine rings is 1. The van der Waals surface area contributed by atoms with Crippen LogP contribution in [0.1, 0.15) is 36.4 Å². The first-order valence-corrected chi connectivity index (χ1v) is 10.3. The number of rotatable bonds is 5. The molecular formula is C21H27F2N5O2. The lowest BCUT2D eigenvalue weighted by Crippen LogP contribution is -2.47. The number of alkyl halides is 2. The van der Waals surface area contributed by atoms with Gasteiger partial charge in [-0.15, -0.1) is 0 Å². The highest BCUT2D eigenvalue weighted by Crippen LogP contribution is 2.35. The Morgan fingerprint density at radius 1 is 1.27 bits per heavy atom. The number of halogens is 2. The van der Waals surface area contributed by atoms with Gasteiger partial charge in [0.05, 0.1) is 0 Å². The van der Waals surface area contributed by atoms with Crippen molar-refractivity contribution in [1.29, 1.82) is 0 Å². The molecule has 2 aliphatic heterocycles. The van der Waals surface area contributed by atoms with Crippen LogP contribution in [0, 0.1) is 19.8 Å². The Morgan fingerprint density at radius 2 is 1.97 bits per heavy atom. The number of aromatic nitrogens is 3. The van der Waals surface area contributed by atoms with E-state index < -0.39 is 12.5 Å². The number of likely N-dealkylation sites (tertiary alicyclic amines) is 1. The number of anilines is 1. The smallest absolute Gasteiger partial charge is 0.260 e. The summed E-state index contributed by atoms with van der Waals surface area (Å²) in [6, 6.07) is 4.83. The maximum absolute atomic E-state index is 13.5. The van der Waals surface area contributed by atoms with E-state index in [0.29, 0.717) is 25.5 Å². The molecule has 2 aliphatic rings. The fourth-order valence-electron chi connectivity index (χ4n) is 4.50. The van der Waals surface area contributed by atoms with Crippen molar-refractivity contribution in [3.8, 4) is 5.75 Å². The van der Waals surface area contributed by atoms with Crippen LogP contribution in [0.4, 0.5) is 14.7 Å². The van der Waals surface area contributed by atoms with Crippen LogP contribution >= 0.6 is 0 Å². The molecule has 0 radical (unpaired) electrons. The number of carbonyl (C=O) groups excluding carboxylic acids is 1. The number of nitrogens with zero attached hydrogens (tertiary/aromatic N) is 4. The third kappa shape index (κ3) is 4.11. The molecule has 30 heavy (non-hydrogen) atoms. The molecule has 0 aliphatic carbocycles. The lowest BCUT2D eigenvalue weighted by Gasteiger charge is -2.39. The maximum Gasteiger partial charge on any atom is 0.260 e. The Labute approximate surface area is 174 Å². The topological polar surface area (TPSA) is 72.3 Å². The summed E-state index contributed by atoms with van der Waals surface area (Å²) in [7, 11) is 0. The maximum atomic E-state index is 13.5. The van der Waals surface area contributed by atoms with Gasteiger partial charge in [0.25, 0.3) is 12.3 Å². The van der Waals surface area contributed by atoms with Crippen LogP contribution in [-0.4, -0.2) is 57.7 Å². The van der Waals surface area contributed by atoms with E-state index in [0.717, 1.165) is 29.7 Å². The highest BCUT2D eigenvalue weighted by atomic mass is 19.3. The molecule has 1 N–H and O–H groups in total. The number of para-hydroxylation sites is 1. The summed E-state index contributed by atoms with van der Waals surface area (Å²) in [5.74, 6) is 1.32. The van der Waals surface area contributed by atoms with Gasteiger partial charge in [-0.05, 0) is 50.2 Å². The minimum atomic E-state index is -2.49. The fourth-order valence-corrected chi connectivity index (χ4v) is 4.50. The molecule has 0 unspecified atom stereocenters. The zero-order valence-corrected chi connectivity index (χ0v) is 17.2. The summed E-state index contributed by atoms with van der Waals surface area (Å²) in [5, 5.41) is 7.19. The Balaban J connectivity index is 1.31. The quantitative estimate of drug-likeness (QED) is 0.806. The van der Waals surface area contributed by atoms with Crippen LogP contribution in [0.25, 0.3) is 0 Å². The SMILES string of the molecule is Cc1cccc(C)c1OCC(=O)N1CCC([C@@H]2C[C@H](C(F)F)n3ncnc3N2)CC1. The van der Waals surface area contributed by atoms with Gasteiger partial charge in [-0.2, -0.15) is 10.1 Å². The van der Waals surface area contributed by atoms with Crippen molar-refractivity contribution in [2.24, 2.45) is 5.92 Å². The molecule has 0 spiro atoms. The van der Waals surface area contributed by atoms with Gasteiger partial charge in [0.1, 0.15) is 18.1 Å². The van der Waals surface area contributed by atoms with E-state index in [-0.39, 0.29) is 24.5 Å². The molecule has 0 saturated carbocycles. The summed E-state index contributed by atoms with van der Waals surface area (Å²) < 4.78 is 34.0. The highest BCUT2D eigenvalue weighted by Gasteiger charge is 2.38. The minimum absolute atomic E-state index is 0.00853. The van der Waals surface area contributed by atoms with Gasteiger partial charge in [0, 0.05) is 19.1 Å². The van der Waals surface area contributed by atoms with Crippen LogP contribution in [0.3, 0.4) is 0 Å². The summed E-state index contributed by atoms with van der Waals surface area (Å²) in [5.41, 5.74) is 2.01. The van der Waals surface area contributed by atoms with Gasteiger partial charge < -0.3 is 15.0 Å². The van der Waals surface area contributed by atoms with E-state index >= 15 is 0 Å². The number of amides is 1. The number of carbonyl (C=O) groups is 1. The van der Waals surface area contributed by atoms with E-state index in [1.165, 1.54) is 11.0 Å². The first-order chi connectivity index (χ1) is 14.4. The number of hydrogen-bond donors (Lipinski definition) is 1. The fraction of sp³-hybridized carbons (Fsp3) is 0.571. The second kappa shape index (κ2) is 8.57. The number of nitrogens with one attached hydrogen (secondary N) is 1. The van der Waals surface area contributed by atoms with Crippen LogP contribution in [0.15, 0.2) is 24.5 Å². The standard InChI is InChI=1S/C21H27F2N5O2/c1-13-4-3-5-14(2)19(13)30-11-18(29)27-8-6-15(7-9-27)16-10-17(20(22)23)28-21(26-16)24-12-25-28/h3-5,12,15-17,20H,6-11H2,1-2H3,(H,24,25,26)/t16-,17+/m0/s1. The molecule has 2 aromatic rings. The zero-order valence-electron chi connectivity index (χ0n) is 17.2. The van der Waals surface area contributed by atoms with Gasteiger partial charge in [-0.3, -0.25) is 4.79 Å². The monoisotopic (exact) mass is 419 g/mol. The first-order valence-electron chi connectivity index (χ1n) is 10.3. The van der Waals surface area contributed by atoms with E-state index in [2.05, 4.69) is 15.4 Å². The molecule has 1 saturated heterocycles. The molecule has 1 fully saturated rings. The van der Waals surface area contributed by atoms with Gasteiger partial charge in [-0.25, -0.2) is 13.5 Å². The molecule has 162 valence electrons. The Bertz CT molecular complexity index is 875. The van der Waals surface area contributed by atoms with Crippen LogP contribution in [-0.2, 0) is 4.79 Å². The van der Waals surface area contributed by atoms with Crippen molar-refractivity contribution in [2.75, 3.05) is 25.0 Å². The van der Waals surface area contributed by atoms with E-state index in [1.54, 1.807) is 4.90 Å². The second-order valence-electron chi connectivity index (χ2n) is 8.14. The lowest BCUT2D eigenvalue weighted by atomic mass is 9.85. The van der Waals surface area contributed by atoms with Crippen molar-refractivity contribution in [1.82, 2.24) is 19.7 Å². The zero-order chi connectivity index (χ0) is 21.3. The average molecular weight is 419 g/mol. The number of ether oxygens (including phenoxy) is 1. The number of aryl methyl sites for hydroxylation is 2. The Hall–Kier alpha value is -2.71. The van der Waals surface area contributed by atoms with Crippen molar-refractivity contribution in [2.45, 2.75) is 51.6 Å². The number of fused-ring (bicyclic) bond motifs is 1. The van der Waals surface area contributed by atoms with Crippen molar-refractivity contribution < 1.29 is 18.3 Å². The first kappa shape index (κ1) is 20.6. The largest absolute Gasteiger partial charge is 0.483 e. The van der Waals surface area contributed by atoms with Crippen molar-refractivity contribution in [3.63, 3.8) is 0 Å². The van der Waals surface area contributed by atoms with Crippen LogP contribution in [0.2, 0.25) is 0 Å². The lowest BCUT2D eigenvalue weighted by molar-refractivity contribution is -0.134. The molecule has 4 rings (SSSR count). The number of benzene rings is 1. The molecule has 2 atom stereocenters. The predicted octanol–water partition coefficient (Wildman–Crippen LogP) is 3.20. The van der Waals surface area contributed by atoms with E-state index in [9.17, 15) is 13.6 Å². The van der Waals surface area contributed by atoms with E-state index in [4.69, 9.17) is 4.74 Å². The third-order valence-corrected chi connectivity index (χ3v) is 6.20. The van der Waals surface area contributed by atoms with Crippen molar-refractivity contribution >= 4 is 11.9 Å².